The second kappa shape index (κ2) is 8.19. The smallest absolute Gasteiger partial charge is 0.261 e. The van der Waals surface area contributed by atoms with Gasteiger partial charge in [0.25, 0.3) is 11.8 Å². The highest BCUT2D eigenvalue weighted by molar-refractivity contribution is 14.1. The van der Waals surface area contributed by atoms with E-state index in [2.05, 4.69) is 42.4 Å². The fourth-order valence-corrected chi connectivity index (χ4v) is 5.01. The minimum absolute atomic E-state index is 0.229. The lowest BCUT2D eigenvalue weighted by molar-refractivity contribution is 0.0648. The molecule has 8 nitrogen and oxygen atoms in total. The van der Waals surface area contributed by atoms with E-state index in [1.165, 1.54) is 17.7 Å². The van der Waals surface area contributed by atoms with Crippen molar-refractivity contribution >= 4 is 45.4 Å². The normalized spacial score (nSPS) is 16.5. The number of aromatic amines is 1. The van der Waals surface area contributed by atoms with Crippen molar-refractivity contribution in [1.82, 2.24) is 24.8 Å². The molecule has 0 unspecified atom stereocenters. The molecule has 0 spiro atoms. The summed E-state index contributed by atoms with van der Waals surface area (Å²) in [6.45, 7) is 3.59. The van der Waals surface area contributed by atoms with E-state index in [1.54, 1.807) is 25.4 Å². The molecule has 5 rings (SSSR count). The van der Waals surface area contributed by atoms with Gasteiger partial charge < -0.3 is 14.6 Å². The number of amides is 2. The van der Waals surface area contributed by atoms with E-state index in [9.17, 15) is 9.59 Å². The first kappa shape index (κ1) is 20.4. The van der Waals surface area contributed by atoms with Crippen LogP contribution in [-0.2, 0) is 0 Å². The minimum Gasteiger partial charge on any atom is -0.480 e. The first-order valence-electron chi connectivity index (χ1n) is 10.4. The fourth-order valence-electron chi connectivity index (χ4n) is 4.36. The molecular formula is C22H22IN5O3. The van der Waals surface area contributed by atoms with Crippen molar-refractivity contribution in [1.29, 1.82) is 0 Å². The van der Waals surface area contributed by atoms with Crippen LogP contribution in [0.2, 0.25) is 0 Å². The maximum absolute atomic E-state index is 12.9. The average Bonchev–Trinajstić information content (AvgIpc) is 3.48. The summed E-state index contributed by atoms with van der Waals surface area (Å²) < 4.78 is 6.32. The lowest BCUT2D eigenvalue weighted by Gasteiger charge is -2.17. The van der Waals surface area contributed by atoms with E-state index in [1.807, 2.05) is 6.07 Å². The first-order chi connectivity index (χ1) is 15.1. The van der Waals surface area contributed by atoms with Gasteiger partial charge in [-0.2, -0.15) is 0 Å². The molecule has 3 aromatic rings. The van der Waals surface area contributed by atoms with Crippen LogP contribution in [0.5, 0.6) is 5.88 Å². The van der Waals surface area contributed by atoms with E-state index in [0.29, 0.717) is 40.4 Å². The third-order valence-corrected chi connectivity index (χ3v) is 6.82. The Labute approximate surface area is 193 Å². The summed E-state index contributed by atoms with van der Waals surface area (Å²) in [4.78, 5) is 41.8. The summed E-state index contributed by atoms with van der Waals surface area (Å²) in [6, 6.07) is 5.32. The molecule has 160 valence electrons. The molecule has 0 bridgehead atoms. The number of benzene rings is 1. The number of fused-ring (bicyclic) bond motifs is 2. The van der Waals surface area contributed by atoms with Gasteiger partial charge in [-0.05, 0) is 79.7 Å². The number of rotatable bonds is 6. The average molecular weight is 531 g/mol. The number of H-pyrrole nitrogens is 1. The number of pyridine rings is 1. The summed E-state index contributed by atoms with van der Waals surface area (Å²) in [5.74, 6) is 0.597. The fraction of sp³-hybridized carbons (Fsp3) is 0.364. The van der Waals surface area contributed by atoms with Crippen LogP contribution >= 0.6 is 22.6 Å². The number of carbonyl (C=O) groups is 2. The number of ether oxygens (including phenoxy) is 1. The zero-order valence-electron chi connectivity index (χ0n) is 17.2. The summed E-state index contributed by atoms with van der Waals surface area (Å²) >= 11 is 2.21. The molecular weight excluding hydrogens is 509 g/mol. The Morgan fingerprint density at radius 1 is 1.13 bits per heavy atom. The van der Waals surface area contributed by atoms with Crippen LogP contribution in [0.25, 0.3) is 22.4 Å². The van der Waals surface area contributed by atoms with Crippen LogP contribution in [0.15, 0.2) is 24.4 Å². The topological polar surface area (TPSA) is 91.4 Å². The Hall–Kier alpha value is -2.53. The van der Waals surface area contributed by atoms with E-state index >= 15 is 0 Å². The number of nitrogens with one attached hydrogen (secondary N) is 1. The van der Waals surface area contributed by atoms with Gasteiger partial charge in [-0.1, -0.05) is 0 Å². The zero-order chi connectivity index (χ0) is 21.5. The van der Waals surface area contributed by atoms with Crippen molar-refractivity contribution in [2.45, 2.75) is 19.3 Å². The van der Waals surface area contributed by atoms with Gasteiger partial charge in [0.1, 0.15) is 5.82 Å². The number of aromatic nitrogens is 3. The Bertz CT molecular complexity index is 1130. The number of hydrogen-bond acceptors (Lipinski definition) is 6. The number of methoxy groups -OCH3 is 1. The molecule has 9 heteroatoms. The maximum Gasteiger partial charge on any atom is 0.261 e. The number of carbonyl (C=O) groups excluding carboxylic acids is 2. The molecule has 31 heavy (non-hydrogen) atoms. The summed E-state index contributed by atoms with van der Waals surface area (Å²) in [5.41, 5.74) is 2.94. The van der Waals surface area contributed by atoms with Crippen LogP contribution in [0.3, 0.4) is 0 Å². The number of likely N-dealkylation sites (tertiary alicyclic amines) is 1. The van der Waals surface area contributed by atoms with Gasteiger partial charge >= 0.3 is 0 Å². The van der Waals surface area contributed by atoms with Gasteiger partial charge in [-0.3, -0.25) is 14.5 Å². The number of imide groups is 1. The molecule has 2 aliphatic rings. The van der Waals surface area contributed by atoms with E-state index in [0.717, 1.165) is 35.2 Å². The van der Waals surface area contributed by atoms with E-state index in [-0.39, 0.29) is 11.8 Å². The predicted molar refractivity (Wildman–Crippen MR) is 124 cm³/mol. The molecule has 1 fully saturated rings. The van der Waals surface area contributed by atoms with Gasteiger partial charge in [-0.15, -0.1) is 0 Å². The Morgan fingerprint density at radius 2 is 1.87 bits per heavy atom. The van der Waals surface area contributed by atoms with Crippen molar-refractivity contribution in [3.05, 3.63) is 39.1 Å². The Morgan fingerprint density at radius 3 is 2.61 bits per heavy atom. The zero-order valence-corrected chi connectivity index (χ0v) is 19.3. The largest absolute Gasteiger partial charge is 0.480 e. The third-order valence-electron chi connectivity index (χ3n) is 5.92. The molecule has 4 heterocycles. The van der Waals surface area contributed by atoms with Gasteiger partial charge in [0.2, 0.25) is 5.88 Å². The van der Waals surface area contributed by atoms with Crippen molar-refractivity contribution in [3.63, 3.8) is 0 Å². The predicted octanol–water partition coefficient (Wildman–Crippen LogP) is 3.32. The molecule has 0 saturated carbocycles. The highest BCUT2D eigenvalue weighted by Gasteiger charge is 2.36. The molecule has 1 aromatic carbocycles. The van der Waals surface area contributed by atoms with E-state index < -0.39 is 0 Å². The van der Waals surface area contributed by atoms with Crippen molar-refractivity contribution in [3.8, 4) is 17.3 Å². The quantitative estimate of drug-likeness (QED) is 0.388. The monoisotopic (exact) mass is 531 g/mol. The van der Waals surface area contributed by atoms with Gasteiger partial charge in [0.15, 0.2) is 0 Å². The third kappa shape index (κ3) is 3.59. The second-order valence-corrected chi connectivity index (χ2v) is 9.00. The molecule has 0 atom stereocenters. The SMILES string of the molecule is COc1nccc(I)c1-c1nc2cc3c(cc2[nH]1)C(=O)N(CCCN1CCCC1)C3=O. The molecule has 0 radical (unpaired) electrons. The van der Waals surface area contributed by atoms with Crippen molar-refractivity contribution in [2.24, 2.45) is 0 Å². The summed E-state index contributed by atoms with van der Waals surface area (Å²) in [7, 11) is 1.56. The minimum atomic E-state index is -0.235. The summed E-state index contributed by atoms with van der Waals surface area (Å²) in [5, 5.41) is 0. The lowest BCUT2D eigenvalue weighted by Crippen LogP contribution is -2.33. The van der Waals surface area contributed by atoms with Crippen LogP contribution in [-0.4, -0.2) is 69.9 Å². The van der Waals surface area contributed by atoms with Gasteiger partial charge in [0, 0.05) is 16.3 Å². The van der Waals surface area contributed by atoms with Crippen molar-refractivity contribution in [2.75, 3.05) is 33.3 Å². The highest BCUT2D eigenvalue weighted by Crippen LogP contribution is 2.34. The standard InChI is InChI=1S/C22H22IN5O3/c1-31-20-18(15(23)5-6-24-20)19-25-16-11-13-14(12-17(16)26-19)22(30)28(21(13)29)10-4-9-27-7-2-3-8-27/h5-6,11-12H,2-4,7-10H2,1H3,(H,25,26). The van der Waals surface area contributed by atoms with E-state index in [4.69, 9.17) is 4.74 Å². The molecule has 2 aliphatic heterocycles. The summed E-state index contributed by atoms with van der Waals surface area (Å²) in [6.07, 6.45) is 4.94. The molecule has 0 aliphatic carbocycles. The molecule has 1 saturated heterocycles. The molecule has 2 amide bonds. The maximum atomic E-state index is 12.9. The number of imidazole rings is 1. The first-order valence-corrected chi connectivity index (χ1v) is 11.5. The number of hydrogen-bond donors (Lipinski definition) is 1. The lowest BCUT2D eigenvalue weighted by atomic mass is 10.1. The number of nitrogens with zero attached hydrogens (tertiary/aromatic N) is 4. The number of halogens is 1. The Kier molecular flexibility index (Phi) is 5.39. The van der Waals surface area contributed by atoms with Crippen molar-refractivity contribution < 1.29 is 14.3 Å². The van der Waals surface area contributed by atoms with Crippen LogP contribution < -0.4 is 4.74 Å². The van der Waals surface area contributed by atoms with Crippen LogP contribution in [0, 0.1) is 3.57 Å². The molecule has 2 aromatic heterocycles. The molecule has 1 N–H and O–H groups in total. The van der Waals surface area contributed by atoms with Gasteiger partial charge in [0.05, 0.1) is 34.8 Å². The van der Waals surface area contributed by atoms with Crippen LogP contribution in [0.4, 0.5) is 0 Å². The second-order valence-electron chi connectivity index (χ2n) is 7.84. The Balaban J connectivity index is 1.42. The highest BCUT2D eigenvalue weighted by atomic mass is 127. The van der Waals surface area contributed by atoms with Crippen LogP contribution in [0.1, 0.15) is 40.0 Å². The van der Waals surface area contributed by atoms with Gasteiger partial charge in [-0.25, -0.2) is 9.97 Å².